The van der Waals surface area contributed by atoms with E-state index in [-0.39, 0.29) is 0 Å². The summed E-state index contributed by atoms with van der Waals surface area (Å²) in [5.41, 5.74) is 0. The highest BCUT2D eigenvalue weighted by Crippen LogP contribution is 2.23. The van der Waals surface area contributed by atoms with Gasteiger partial charge in [0.15, 0.2) is 0 Å². The average Bonchev–Trinajstić information content (AvgIpc) is 2.94. The Morgan fingerprint density at radius 2 is 2.14 bits per heavy atom. The Balaban J connectivity index is 2.12. The van der Waals surface area contributed by atoms with Gasteiger partial charge in [0, 0.05) is 5.92 Å². The van der Waals surface area contributed by atoms with Crippen molar-refractivity contribution in [3.05, 3.63) is 0 Å². The molecule has 1 saturated heterocycles. The average molecular weight is 198 g/mol. The van der Waals surface area contributed by atoms with Gasteiger partial charge in [-0.05, 0) is 26.2 Å². The third kappa shape index (κ3) is 4.75. The van der Waals surface area contributed by atoms with E-state index in [4.69, 9.17) is 4.74 Å². The topological polar surface area (TPSA) is 29.6 Å². The molecule has 1 fully saturated rings. The summed E-state index contributed by atoms with van der Waals surface area (Å²) in [5.74, 6) is 0.660. The fourth-order valence-corrected chi connectivity index (χ4v) is 1.81. The van der Waals surface area contributed by atoms with Crippen LogP contribution in [0.1, 0.15) is 52.4 Å². The van der Waals surface area contributed by atoms with E-state index in [0.717, 1.165) is 25.9 Å². The summed E-state index contributed by atoms with van der Waals surface area (Å²) in [6, 6.07) is 0. The van der Waals surface area contributed by atoms with Crippen LogP contribution in [0.2, 0.25) is 0 Å². The summed E-state index contributed by atoms with van der Waals surface area (Å²) in [6.07, 6.45) is 7.35. The van der Waals surface area contributed by atoms with Crippen LogP contribution in [-0.4, -0.2) is 18.5 Å². The molecule has 0 saturated carbocycles. The summed E-state index contributed by atoms with van der Waals surface area (Å²) in [6.45, 7) is 4.84. The van der Waals surface area contributed by atoms with E-state index in [1.54, 1.807) is 6.92 Å². The van der Waals surface area contributed by atoms with Crippen LogP contribution in [0.15, 0.2) is 0 Å². The highest BCUT2D eigenvalue weighted by atomic mass is 16.6. The van der Waals surface area contributed by atoms with Crippen molar-refractivity contribution in [3.63, 3.8) is 0 Å². The predicted molar refractivity (Wildman–Crippen MR) is 57.3 cm³/mol. The molecule has 0 amide bonds. The molecule has 0 radical (unpaired) electrons. The quantitative estimate of drug-likeness (QED) is 0.443. The second-order valence-corrected chi connectivity index (χ2v) is 4.34. The molecule has 0 N–H and O–H groups in total. The maximum Gasteiger partial charge on any atom is 0.132 e. The Morgan fingerprint density at radius 3 is 2.64 bits per heavy atom. The lowest BCUT2D eigenvalue weighted by Crippen LogP contribution is -2.11. The number of hydrogen-bond donors (Lipinski definition) is 0. The van der Waals surface area contributed by atoms with E-state index in [0.29, 0.717) is 17.8 Å². The Hall–Kier alpha value is -0.370. The van der Waals surface area contributed by atoms with Crippen LogP contribution < -0.4 is 0 Å². The van der Waals surface area contributed by atoms with Gasteiger partial charge in [-0.3, -0.25) is 4.79 Å². The fourth-order valence-electron chi connectivity index (χ4n) is 1.81. The van der Waals surface area contributed by atoms with Crippen molar-refractivity contribution in [2.24, 2.45) is 5.92 Å². The van der Waals surface area contributed by atoms with E-state index < -0.39 is 0 Å². The van der Waals surface area contributed by atoms with Gasteiger partial charge in [0.05, 0.1) is 12.7 Å². The molecule has 0 aromatic carbocycles. The highest BCUT2D eigenvalue weighted by Gasteiger charge is 2.24. The smallest absolute Gasteiger partial charge is 0.132 e. The molecule has 2 nitrogen and oxygen atoms in total. The Bertz CT molecular complexity index is 173. The molecule has 2 atom stereocenters. The largest absolute Gasteiger partial charge is 0.373 e. The maximum absolute atomic E-state index is 11.3. The van der Waals surface area contributed by atoms with Crippen molar-refractivity contribution in [1.29, 1.82) is 0 Å². The van der Waals surface area contributed by atoms with Crippen molar-refractivity contribution in [3.8, 4) is 0 Å². The molecule has 14 heavy (non-hydrogen) atoms. The Morgan fingerprint density at radius 1 is 1.43 bits per heavy atom. The summed E-state index contributed by atoms with van der Waals surface area (Å²) in [5, 5.41) is 0. The zero-order valence-electron chi connectivity index (χ0n) is 9.42. The number of unbranched alkanes of at least 4 members (excludes halogenated alkanes) is 2. The van der Waals surface area contributed by atoms with Gasteiger partial charge < -0.3 is 4.74 Å². The maximum atomic E-state index is 11.3. The van der Waals surface area contributed by atoms with Crippen LogP contribution >= 0.6 is 0 Å². The van der Waals surface area contributed by atoms with E-state index in [1.807, 2.05) is 0 Å². The zero-order chi connectivity index (χ0) is 10.4. The molecule has 0 spiro atoms. The van der Waals surface area contributed by atoms with Gasteiger partial charge in [0.25, 0.3) is 0 Å². The zero-order valence-corrected chi connectivity index (χ0v) is 9.42. The van der Waals surface area contributed by atoms with Crippen molar-refractivity contribution in [2.45, 2.75) is 58.5 Å². The number of carbonyl (C=O) groups is 1. The van der Waals surface area contributed by atoms with Crippen molar-refractivity contribution >= 4 is 5.78 Å². The lowest BCUT2D eigenvalue weighted by molar-refractivity contribution is -0.121. The summed E-state index contributed by atoms with van der Waals surface area (Å²) in [4.78, 5) is 11.3. The second-order valence-electron chi connectivity index (χ2n) is 4.34. The minimum Gasteiger partial charge on any atom is -0.373 e. The number of epoxide rings is 1. The van der Waals surface area contributed by atoms with Crippen LogP contribution in [0.25, 0.3) is 0 Å². The van der Waals surface area contributed by atoms with Crippen molar-refractivity contribution < 1.29 is 9.53 Å². The van der Waals surface area contributed by atoms with Gasteiger partial charge in [-0.2, -0.15) is 0 Å². The van der Waals surface area contributed by atoms with Crippen LogP contribution in [0.3, 0.4) is 0 Å². The molecule has 0 aliphatic carbocycles. The number of carbonyl (C=O) groups excluding carboxylic acids is 1. The van der Waals surface area contributed by atoms with Gasteiger partial charge >= 0.3 is 0 Å². The van der Waals surface area contributed by atoms with Gasteiger partial charge in [0.1, 0.15) is 5.78 Å². The molecule has 2 unspecified atom stereocenters. The van der Waals surface area contributed by atoms with E-state index >= 15 is 0 Å². The van der Waals surface area contributed by atoms with Crippen LogP contribution in [-0.2, 0) is 9.53 Å². The standard InChI is InChI=1S/C12H22O2/c1-3-4-5-6-11(10(2)13)7-8-12-9-14-12/h11-12H,3-9H2,1-2H3. The molecular formula is C12H22O2. The molecule has 0 aromatic rings. The summed E-state index contributed by atoms with van der Waals surface area (Å²) < 4.78 is 5.15. The Kier molecular flexibility index (Phi) is 5.16. The molecule has 1 rings (SSSR count). The lowest BCUT2D eigenvalue weighted by Gasteiger charge is -2.12. The van der Waals surface area contributed by atoms with Crippen LogP contribution in [0.5, 0.6) is 0 Å². The lowest BCUT2D eigenvalue weighted by atomic mass is 9.92. The SMILES string of the molecule is CCCCCC(CCC1CO1)C(C)=O. The summed E-state index contributed by atoms with van der Waals surface area (Å²) >= 11 is 0. The number of hydrogen-bond acceptors (Lipinski definition) is 2. The van der Waals surface area contributed by atoms with E-state index in [9.17, 15) is 4.79 Å². The first-order valence-electron chi connectivity index (χ1n) is 5.86. The van der Waals surface area contributed by atoms with Gasteiger partial charge in [-0.25, -0.2) is 0 Å². The number of rotatable bonds is 8. The van der Waals surface area contributed by atoms with E-state index in [1.165, 1.54) is 19.3 Å². The minimum absolute atomic E-state index is 0.297. The second kappa shape index (κ2) is 6.18. The Labute approximate surface area is 87.0 Å². The molecule has 1 aliphatic rings. The van der Waals surface area contributed by atoms with Crippen molar-refractivity contribution in [2.75, 3.05) is 6.61 Å². The first kappa shape index (κ1) is 11.7. The first-order chi connectivity index (χ1) is 6.74. The fraction of sp³-hybridized carbons (Fsp3) is 0.917. The normalized spacial score (nSPS) is 22.0. The van der Waals surface area contributed by atoms with E-state index in [2.05, 4.69) is 6.92 Å². The first-order valence-corrected chi connectivity index (χ1v) is 5.86. The number of Topliss-reactive ketones (excluding diaryl/α,β-unsaturated/α-hetero) is 1. The van der Waals surface area contributed by atoms with Gasteiger partial charge in [0.2, 0.25) is 0 Å². The summed E-state index contributed by atoms with van der Waals surface area (Å²) in [7, 11) is 0. The molecular weight excluding hydrogens is 176 g/mol. The molecule has 1 heterocycles. The number of ketones is 1. The third-order valence-corrected chi connectivity index (χ3v) is 2.97. The molecule has 0 aromatic heterocycles. The van der Waals surface area contributed by atoms with Crippen LogP contribution in [0, 0.1) is 5.92 Å². The van der Waals surface area contributed by atoms with Gasteiger partial charge in [-0.1, -0.05) is 26.2 Å². The number of ether oxygens (including phenoxy) is 1. The highest BCUT2D eigenvalue weighted by molar-refractivity contribution is 5.78. The molecule has 82 valence electrons. The molecule has 1 aliphatic heterocycles. The molecule has 2 heteroatoms. The van der Waals surface area contributed by atoms with Crippen LogP contribution in [0.4, 0.5) is 0 Å². The third-order valence-electron chi connectivity index (χ3n) is 2.97. The molecule has 0 bridgehead atoms. The predicted octanol–water partition coefficient (Wildman–Crippen LogP) is 2.95. The van der Waals surface area contributed by atoms with Crippen molar-refractivity contribution in [1.82, 2.24) is 0 Å². The van der Waals surface area contributed by atoms with Gasteiger partial charge in [-0.15, -0.1) is 0 Å². The minimum atomic E-state index is 0.297. The monoisotopic (exact) mass is 198 g/mol.